The maximum Gasteiger partial charge on any atom is 0.387 e. The number of methoxy groups -OCH3 is 1. The first-order valence-electron chi connectivity index (χ1n) is 7.78. The Bertz CT molecular complexity index is 682. The summed E-state index contributed by atoms with van der Waals surface area (Å²) >= 11 is 0. The fourth-order valence-corrected chi connectivity index (χ4v) is 2.10. The van der Waals surface area contributed by atoms with Crippen LogP contribution >= 0.6 is 24.0 Å². The van der Waals surface area contributed by atoms with Gasteiger partial charge < -0.3 is 24.5 Å². The third kappa shape index (κ3) is 7.06. The molecule has 2 N–H and O–H groups in total. The maximum atomic E-state index is 12.5. The highest BCUT2D eigenvalue weighted by atomic mass is 127. The van der Waals surface area contributed by atoms with E-state index < -0.39 is 6.61 Å². The first kappa shape index (κ1) is 22.0. The Morgan fingerprint density at radius 2 is 2.04 bits per heavy atom. The number of benzene rings is 1. The third-order valence-corrected chi connectivity index (χ3v) is 3.22. The van der Waals surface area contributed by atoms with Crippen molar-refractivity contribution in [3.8, 4) is 11.5 Å². The number of alkyl halides is 2. The van der Waals surface area contributed by atoms with Gasteiger partial charge in [0.15, 0.2) is 17.5 Å². The molecule has 0 aliphatic carbocycles. The van der Waals surface area contributed by atoms with Gasteiger partial charge in [0.1, 0.15) is 5.76 Å². The van der Waals surface area contributed by atoms with Crippen LogP contribution < -0.4 is 20.1 Å². The first-order chi connectivity index (χ1) is 12.1. The van der Waals surface area contributed by atoms with Gasteiger partial charge in [-0.15, -0.1) is 24.0 Å². The van der Waals surface area contributed by atoms with E-state index in [1.165, 1.54) is 13.2 Å². The maximum absolute atomic E-state index is 12.5. The molecule has 1 aromatic heterocycles. The monoisotopic (exact) mass is 481 g/mol. The predicted molar refractivity (Wildman–Crippen MR) is 105 cm³/mol. The largest absolute Gasteiger partial charge is 0.493 e. The molecule has 0 spiro atoms. The summed E-state index contributed by atoms with van der Waals surface area (Å²) < 4.78 is 39.7. The number of furan rings is 1. The molecule has 0 fully saturated rings. The van der Waals surface area contributed by atoms with Gasteiger partial charge in [-0.05, 0) is 36.8 Å². The summed E-state index contributed by atoms with van der Waals surface area (Å²) in [5, 5.41) is 6.24. The highest BCUT2D eigenvalue weighted by molar-refractivity contribution is 14.0. The van der Waals surface area contributed by atoms with Crippen molar-refractivity contribution in [2.45, 2.75) is 26.6 Å². The molecule has 1 heterocycles. The van der Waals surface area contributed by atoms with Crippen LogP contribution in [0.1, 0.15) is 18.2 Å². The number of halogens is 3. The Morgan fingerprint density at radius 3 is 2.65 bits per heavy atom. The molecule has 0 aliphatic rings. The van der Waals surface area contributed by atoms with E-state index in [0.717, 1.165) is 5.76 Å². The van der Waals surface area contributed by atoms with E-state index in [0.29, 0.717) is 24.6 Å². The zero-order valence-corrected chi connectivity index (χ0v) is 16.8. The van der Waals surface area contributed by atoms with E-state index in [2.05, 4.69) is 20.4 Å². The van der Waals surface area contributed by atoms with Gasteiger partial charge >= 0.3 is 6.61 Å². The Morgan fingerprint density at radius 1 is 1.23 bits per heavy atom. The smallest absolute Gasteiger partial charge is 0.387 e. The van der Waals surface area contributed by atoms with Crippen molar-refractivity contribution < 1.29 is 22.7 Å². The molecule has 6 nitrogen and oxygen atoms in total. The lowest BCUT2D eigenvalue weighted by Crippen LogP contribution is -2.36. The zero-order chi connectivity index (χ0) is 18.1. The van der Waals surface area contributed by atoms with Gasteiger partial charge in [0, 0.05) is 6.54 Å². The van der Waals surface area contributed by atoms with Crippen LogP contribution in [0.4, 0.5) is 8.78 Å². The van der Waals surface area contributed by atoms with E-state index in [-0.39, 0.29) is 42.0 Å². The van der Waals surface area contributed by atoms with Crippen LogP contribution in [0.25, 0.3) is 0 Å². The lowest BCUT2D eigenvalue weighted by molar-refractivity contribution is -0.0512. The number of hydrogen-bond acceptors (Lipinski definition) is 4. The second kappa shape index (κ2) is 11.6. The quantitative estimate of drug-likeness (QED) is 0.342. The Balaban J connectivity index is 0.00000338. The van der Waals surface area contributed by atoms with Crippen LogP contribution in [0.5, 0.6) is 11.5 Å². The van der Waals surface area contributed by atoms with E-state index in [9.17, 15) is 8.78 Å². The molecule has 0 saturated carbocycles. The molecule has 144 valence electrons. The minimum absolute atomic E-state index is 0. The molecule has 0 aliphatic heterocycles. The summed E-state index contributed by atoms with van der Waals surface area (Å²) in [5.41, 5.74) is 0.714. The summed E-state index contributed by atoms with van der Waals surface area (Å²) in [6.45, 7) is 0.497. The zero-order valence-electron chi connectivity index (χ0n) is 14.5. The molecule has 2 rings (SSSR count). The Labute approximate surface area is 168 Å². The van der Waals surface area contributed by atoms with Gasteiger partial charge in [0.2, 0.25) is 0 Å². The minimum Gasteiger partial charge on any atom is -0.493 e. The van der Waals surface area contributed by atoms with Crippen LogP contribution in [0.3, 0.4) is 0 Å². The second-order valence-corrected chi connectivity index (χ2v) is 4.99. The van der Waals surface area contributed by atoms with Gasteiger partial charge in [-0.1, -0.05) is 6.07 Å². The number of ether oxygens (including phenoxy) is 2. The highest BCUT2D eigenvalue weighted by Crippen LogP contribution is 2.29. The molecule has 0 unspecified atom stereocenters. The number of guanidine groups is 1. The van der Waals surface area contributed by atoms with Gasteiger partial charge in [-0.3, -0.25) is 0 Å². The molecule has 0 atom stereocenters. The van der Waals surface area contributed by atoms with Crippen molar-refractivity contribution in [1.82, 2.24) is 10.6 Å². The van der Waals surface area contributed by atoms with Crippen LogP contribution in [0.15, 0.2) is 46.0 Å². The molecule has 0 radical (unpaired) electrons. The normalized spacial score (nSPS) is 11.0. The number of hydrogen-bond donors (Lipinski definition) is 2. The lowest BCUT2D eigenvalue weighted by Gasteiger charge is -2.12. The Kier molecular flexibility index (Phi) is 9.78. The van der Waals surface area contributed by atoms with E-state index in [1.807, 2.05) is 19.1 Å². The fraction of sp³-hybridized carbons (Fsp3) is 0.353. The van der Waals surface area contributed by atoms with Crippen molar-refractivity contribution in [3.63, 3.8) is 0 Å². The van der Waals surface area contributed by atoms with Crippen LogP contribution in [0.2, 0.25) is 0 Å². The summed E-state index contributed by atoms with van der Waals surface area (Å²) in [6, 6.07) is 8.48. The summed E-state index contributed by atoms with van der Waals surface area (Å²) in [7, 11) is 1.40. The topological polar surface area (TPSA) is 68.0 Å². The molecule has 9 heteroatoms. The van der Waals surface area contributed by atoms with Crippen molar-refractivity contribution in [2.75, 3.05) is 13.7 Å². The van der Waals surface area contributed by atoms with Gasteiger partial charge in [0.25, 0.3) is 0 Å². The second-order valence-electron chi connectivity index (χ2n) is 4.99. The lowest BCUT2D eigenvalue weighted by atomic mass is 10.2. The highest BCUT2D eigenvalue weighted by Gasteiger charge is 2.11. The van der Waals surface area contributed by atoms with Crippen LogP contribution in [0, 0.1) is 0 Å². The summed E-state index contributed by atoms with van der Waals surface area (Å²) in [6.07, 6.45) is 1.60. The molecule has 26 heavy (non-hydrogen) atoms. The van der Waals surface area contributed by atoms with Crippen molar-refractivity contribution >= 4 is 29.9 Å². The fourth-order valence-electron chi connectivity index (χ4n) is 2.10. The van der Waals surface area contributed by atoms with Gasteiger partial charge in [-0.2, -0.15) is 8.78 Å². The first-order valence-corrected chi connectivity index (χ1v) is 7.78. The SMILES string of the molecule is CCNC(=NCc1ccc(OC)c(OC(F)F)c1)NCc1ccco1.I. The predicted octanol–water partition coefficient (Wildman–Crippen LogP) is 3.76. The van der Waals surface area contributed by atoms with E-state index >= 15 is 0 Å². The van der Waals surface area contributed by atoms with E-state index in [1.54, 1.807) is 18.4 Å². The van der Waals surface area contributed by atoms with Crippen molar-refractivity contribution in [2.24, 2.45) is 4.99 Å². The van der Waals surface area contributed by atoms with Crippen molar-refractivity contribution in [3.05, 3.63) is 47.9 Å². The summed E-state index contributed by atoms with van der Waals surface area (Å²) in [5.74, 6) is 1.60. The molecule has 0 bridgehead atoms. The third-order valence-electron chi connectivity index (χ3n) is 3.22. The molecular formula is C17H22F2IN3O3. The van der Waals surface area contributed by atoms with E-state index in [4.69, 9.17) is 9.15 Å². The van der Waals surface area contributed by atoms with Crippen molar-refractivity contribution in [1.29, 1.82) is 0 Å². The van der Waals surface area contributed by atoms with Crippen LogP contribution in [-0.4, -0.2) is 26.2 Å². The summed E-state index contributed by atoms with van der Waals surface area (Å²) in [4.78, 5) is 4.43. The van der Waals surface area contributed by atoms with Gasteiger partial charge in [0.05, 0.1) is 26.5 Å². The number of aliphatic imine (C=N–C) groups is 1. The number of rotatable bonds is 8. The molecule has 0 saturated heterocycles. The molecular weight excluding hydrogens is 459 g/mol. The minimum atomic E-state index is -2.92. The molecule has 0 amide bonds. The van der Waals surface area contributed by atoms with Gasteiger partial charge in [-0.25, -0.2) is 4.99 Å². The standard InChI is InChI=1S/C17H21F2N3O3.HI/c1-3-20-17(22-11-13-5-4-8-24-13)21-10-12-6-7-14(23-2)15(9-12)25-16(18)19;/h4-9,16H,3,10-11H2,1-2H3,(H2,20,21,22);1H. The number of nitrogens with one attached hydrogen (secondary N) is 2. The molecule has 2 aromatic rings. The Hall–Kier alpha value is -2.04. The number of nitrogens with zero attached hydrogens (tertiary/aromatic N) is 1. The molecule has 1 aromatic carbocycles. The average Bonchev–Trinajstić information content (AvgIpc) is 3.10. The van der Waals surface area contributed by atoms with Crippen LogP contribution in [-0.2, 0) is 13.1 Å². The average molecular weight is 481 g/mol.